The molecule has 1 atom stereocenters. The Morgan fingerprint density at radius 3 is 2.65 bits per heavy atom. The fraction of sp³-hybridized carbons (Fsp3) is 0.429. The summed E-state index contributed by atoms with van der Waals surface area (Å²) in [6.45, 7) is 5.62. The molecule has 0 saturated heterocycles. The first-order valence-electron chi connectivity index (χ1n) is 6.33. The SMILES string of the molecule is CC(C)NC(=O)C(C)NC(=O)c1sccc1C#CCN. The molecule has 0 spiro atoms. The molecule has 0 aromatic carbocycles. The molecule has 0 bridgehead atoms. The van der Waals surface area contributed by atoms with Gasteiger partial charge in [-0.15, -0.1) is 11.3 Å². The van der Waals surface area contributed by atoms with Crippen LogP contribution in [0.15, 0.2) is 11.4 Å². The van der Waals surface area contributed by atoms with Gasteiger partial charge in [0.15, 0.2) is 0 Å². The molecule has 5 nitrogen and oxygen atoms in total. The van der Waals surface area contributed by atoms with Crippen molar-refractivity contribution in [3.8, 4) is 11.8 Å². The summed E-state index contributed by atoms with van der Waals surface area (Å²) in [5.41, 5.74) is 5.95. The number of hydrogen-bond acceptors (Lipinski definition) is 4. The van der Waals surface area contributed by atoms with E-state index in [1.165, 1.54) is 11.3 Å². The number of amides is 2. The molecule has 1 aromatic heterocycles. The molecule has 0 fully saturated rings. The second-order valence-corrected chi connectivity index (χ2v) is 5.44. The largest absolute Gasteiger partial charge is 0.352 e. The Hall–Kier alpha value is -1.84. The Morgan fingerprint density at radius 2 is 2.05 bits per heavy atom. The predicted molar refractivity (Wildman–Crippen MR) is 80.5 cm³/mol. The van der Waals surface area contributed by atoms with Gasteiger partial charge in [-0.25, -0.2) is 0 Å². The van der Waals surface area contributed by atoms with Gasteiger partial charge >= 0.3 is 0 Å². The molecular formula is C14H19N3O2S. The van der Waals surface area contributed by atoms with E-state index in [1.54, 1.807) is 18.4 Å². The second kappa shape index (κ2) is 7.68. The van der Waals surface area contributed by atoms with Gasteiger partial charge in [0.1, 0.15) is 10.9 Å². The van der Waals surface area contributed by atoms with Crippen molar-refractivity contribution >= 4 is 23.2 Å². The van der Waals surface area contributed by atoms with E-state index in [2.05, 4.69) is 22.5 Å². The minimum Gasteiger partial charge on any atom is -0.352 e. The van der Waals surface area contributed by atoms with Crippen molar-refractivity contribution in [2.75, 3.05) is 6.54 Å². The first-order chi connectivity index (χ1) is 9.45. The molecule has 2 amide bonds. The van der Waals surface area contributed by atoms with Crippen molar-refractivity contribution in [3.05, 3.63) is 21.9 Å². The average molecular weight is 293 g/mol. The molecule has 0 radical (unpaired) electrons. The summed E-state index contributed by atoms with van der Waals surface area (Å²) in [7, 11) is 0. The van der Waals surface area contributed by atoms with Crippen molar-refractivity contribution in [2.24, 2.45) is 5.73 Å². The molecule has 1 rings (SSSR count). The van der Waals surface area contributed by atoms with Crippen molar-refractivity contribution in [1.29, 1.82) is 0 Å². The zero-order chi connectivity index (χ0) is 15.1. The zero-order valence-electron chi connectivity index (χ0n) is 11.8. The Balaban J connectivity index is 2.72. The molecule has 0 aliphatic carbocycles. The lowest BCUT2D eigenvalue weighted by Crippen LogP contribution is -2.46. The van der Waals surface area contributed by atoms with Crippen molar-refractivity contribution < 1.29 is 9.59 Å². The molecule has 0 aliphatic rings. The monoisotopic (exact) mass is 293 g/mol. The molecule has 108 valence electrons. The number of carbonyl (C=O) groups is 2. The molecule has 0 aliphatic heterocycles. The summed E-state index contributed by atoms with van der Waals surface area (Å²) in [6.07, 6.45) is 0. The molecule has 4 N–H and O–H groups in total. The third-order valence-electron chi connectivity index (χ3n) is 2.37. The Morgan fingerprint density at radius 1 is 1.35 bits per heavy atom. The number of nitrogens with one attached hydrogen (secondary N) is 2. The van der Waals surface area contributed by atoms with Gasteiger partial charge in [-0.2, -0.15) is 0 Å². The highest BCUT2D eigenvalue weighted by atomic mass is 32.1. The van der Waals surface area contributed by atoms with Crippen LogP contribution >= 0.6 is 11.3 Å². The minimum absolute atomic E-state index is 0.0366. The van der Waals surface area contributed by atoms with Gasteiger partial charge in [0.2, 0.25) is 5.91 Å². The van der Waals surface area contributed by atoms with Gasteiger partial charge in [0.25, 0.3) is 5.91 Å². The number of carbonyl (C=O) groups excluding carboxylic acids is 2. The third-order valence-corrected chi connectivity index (χ3v) is 3.28. The van der Waals surface area contributed by atoms with Crippen LogP contribution in [0.1, 0.15) is 36.0 Å². The maximum absolute atomic E-state index is 12.1. The van der Waals surface area contributed by atoms with Crippen molar-refractivity contribution in [2.45, 2.75) is 32.9 Å². The highest BCUT2D eigenvalue weighted by molar-refractivity contribution is 7.12. The molecule has 1 aromatic rings. The summed E-state index contributed by atoms with van der Waals surface area (Å²) in [5, 5.41) is 7.20. The van der Waals surface area contributed by atoms with E-state index >= 15 is 0 Å². The van der Waals surface area contributed by atoms with Gasteiger partial charge in [0, 0.05) is 11.6 Å². The van der Waals surface area contributed by atoms with Crippen molar-refractivity contribution in [3.63, 3.8) is 0 Å². The second-order valence-electron chi connectivity index (χ2n) is 4.53. The predicted octanol–water partition coefficient (Wildman–Crippen LogP) is 0.701. The molecule has 1 heterocycles. The number of rotatable bonds is 4. The van der Waals surface area contributed by atoms with E-state index in [0.29, 0.717) is 10.4 Å². The summed E-state index contributed by atoms with van der Waals surface area (Å²) >= 11 is 1.29. The smallest absolute Gasteiger partial charge is 0.263 e. The maximum Gasteiger partial charge on any atom is 0.263 e. The molecule has 0 saturated carbocycles. The van der Waals surface area contributed by atoms with Gasteiger partial charge in [-0.05, 0) is 32.2 Å². The summed E-state index contributed by atoms with van der Waals surface area (Å²) in [4.78, 5) is 24.4. The van der Waals surface area contributed by atoms with Crippen LogP contribution in [-0.4, -0.2) is 30.4 Å². The van der Waals surface area contributed by atoms with Gasteiger partial charge < -0.3 is 16.4 Å². The normalized spacial score (nSPS) is 11.4. The molecule has 1 unspecified atom stereocenters. The van der Waals surface area contributed by atoms with E-state index in [4.69, 9.17) is 5.73 Å². The first-order valence-corrected chi connectivity index (χ1v) is 7.21. The van der Waals surface area contributed by atoms with Crippen LogP contribution in [0.3, 0.4) is 0 Å². The van der Waals surface area contributed by atoms with Gasteiger partial charge in [-0.1, -0.05) is 11.8 Å². The van der Waals surface area contributed by atoms with Crippen LogP contribution in [0.5, 0.6) is 0 Å². The fourth-order valence-corrected chi connectivity index (χ4v) is 2.22. The lowest BCUT2D eigenvalue weighted by molar-refractivity contribution is -0.123. The van der Waals surface area contributed by atoms with E-state index < -0.39 is 6.04 Å². The summed E-state index contributed by atoms with van der Waals surface area (Å²) in [6, 6.07) is 1.21. The standard InChI is InChI=1S/C14H19N3O2S/c1-9(2)16-13(18)10(3)17-14(19)12-11(5-4-7-15)6-8-20-12/h6,8-10H,7,15H2,1-3H3,(H,16,18)(H,17,19). The lowest BCUT2D eigenvalue weighted by atomic mass is 10.2. The van der Waals surface area contributed by atoms with E-state index in [9.17, 15) is 9.59 Å². The highest BCUT2D eigenvalue weighted by Gasteiger charge is 2.19. The van der Waals surface area contributed by atoms with E-state index in [-0.39, 0.29) is 24.4 Å². The summed E-state index contributed by atoms with van der Waals surface area (Å²) < 4.78 is 0. The quantitative estimate of drug-likeness (QED) is 0.715. The van der Waals surface area contributed by atoms with Gasteiger partial charge in [0.05, 0.1) is 6.54 Å². The molecular weight excluding hydrogens is 274 g/mol. The number of nitrogens with two attached hydrogens (primary N) is 1. The van der Waals surface area contributed by atoms with Crippen LogP contribution in [0.25, 0.3) is 0 Å². The Kier molecular flexibility index (Phi) is 6.22. The zero-order valence-corrected chi connectivity index (χ0v) is 12.6. The minimum atomic E-state index is -0.595. The average Bonchev–Trinajstić information content (AvgIpc) is 2.83. The van der Waals surface area contributed by atoms with Gasteiger partial charge in [-0.3, -0.25) is 9.59 Å². The highest BCUT2D eigenvalue weighted by Crippen LogP contribution is 2.15. The Bertz CT molecular complexity index is 540. The number of hydrogen-bond donors (Lipinski definition) is 3. The molecule has 20 heavy (non-hydrogen) atoms. The van der Waals surface area contributed by atoms with Crippen LogP contribution in [0.4, 0.5) is 0 Å². The third kappa shape index (κ3) is 4.68. The van der Waals surface area contributed by atoms with Crippen molar-refractivity contribution in [1.82, 2.24) is 10.6 Å². The van der Waals surface area contributed by atoms with Crippen LogP contribution in [-0.2, 0) is 4.79 Å². The molecule has 6 heteroatoms. The summed E-state index contributed by atoms with van der Waals surface area (Å²) in [5.74, 6) is 5.05. The van der Waals surface area contributed by atoms with Crippen LogP contribution in [0.2, 0.25) is 0 Å². The number of thiophene rings is 1. The van der Waals surface area contributed by atoms with E-state index in [1.807, 2.05) is 13.8 Å². The first kappa shape index (κ1) is 16.2. The fourth-order valence-electron chi connectivity index (χ4n) is 1.47. The van der Waals surface area contributed by atoms with Crippen LogP contribution in [0, 0.1) is 11.8 Å². The maximum atomic E-state index is 12.1. The topological polar surface area (TPSA) is 84.2 Å². The van der Waals surface area contributed by atoms with Crippen LogP contribution < -0.4 is 16.4 Å². The lowest BCUT2D eigenvalue weighted by Gasteiger charge is -2.15. The Labute approximate surface area is 122 Å². The van der Waals surface area contributed by atoms with E-state index in [0.717, 1.165) is 0 Å².